The van der Waals surface area contributed by atoms with E-state index in [2.05, 4.69) is 12.2 Å². The van der Waals surface area contributed by atoms with Crippen molar-refractivity contribution < 1.29 is 9.21 Å². The fourth-order valence-electron chi connectivity index (χ4n) is 3.05. The predicted molar refractivity (Wildman–Crippen MR) is 59.1 cm³/mol. The summed E-state index contributed by atoms with van der Waals surface area (Å²) in [6.07, 6.45) is 4.20. The van der Waals surface area contributed by atoms with Crippen molar-refractivity contribution in [3.05, 3.63) is 24.2 Å². The summed E-state index contributed by atoms with van der Waals surface area (Å²) in [5.41, 5.74) is 0.666. The Labute approximate surface area is 94.6 Å². The van der Waals surface area contributed by atoms with Gasteiger partial charge in [-0.25, -0.2) is 0 Å². The van der Waals surface area contributed by atoms with Crippen molar-refractivity contribution in [2.75, 3.05) is 13.1 Å². The molecule has 2 aliphatic rings. The van der Waals surface area contributed by atoms with Crippen LogP contribution in [0.25, 0.3) is 0 Å². The van der Waals surface area contributed by atoms with Gasteiger partial charge in [0.1, 0.15) is 6.26 Å². The lowest BCUT2D eigenvalue weighted by Gasteiger charge is -2.27. The van der Waals surface area contributed by atoms with Crippen LogP contribution >= 0.6 is 0 Å². The van der Waals surface area contributed by atoms with Crippen molar-refractivity contribution >= 4 is 5.91 Å². The number of carbonyl (C=O) groups excluding carboxylic acids is 1. The quantitative estimate of drug-likeness (QED) is 0.771. The third-order valence-electron chi connectivity index (χ3n) is 3.78. The maximum Gasteiger partial charge on any atom is 0.257 e. The van der Waals surface area contributed by atoms with Gasteiger partial charge in [0, 0.05) is 25.2 Å². The molecule has 3 unspecified atom stereocenters. The highest BCUT2D eigenvalue weighted by molar-refractivity contribution is 5.94. The molecule has 2 saturated heterocycles. The molecule has 3 rings (SSSR count). The van der Waals surface area contributed by atoms with Crippen LogP contribution in [0.15, 0.2) is 23.0 Å². The maximum absolute atomic E-state index is 12.3. The van der Waals surface area contributed by atoms with Crippen molar-refractivity contribution in [2.24, 2.45) is 5.92 Å². The summed E-state index contributed by atoms with van der Waals surface area (Å²) in [4.78, 5) is 14.3. The molecule has 86 valence electrons. The van der Waals surface area contributed by atoms with Crippen LogP contribution in [0.2, 0.25) is 0 Å². The van der Waals surface area contributed by atoms with Crippen LogP contribution < -0.4 is 5.32 Å². The van der Waals surface area contributed by atoms with E-state index in [1.54, 1.807) is 12.3 Å². The van der Waals surface area contributed by atoms with Crippen LogP contribution in [0.3, 0.4) is 0 Å². The SMILES string of the molecule is CC1CC2CNCC2N1C(=O)c1ccoc1. The van der Waals surface area contributed by atoms with Crippen LogP contribution in [0.4, 0.5) is 0 Å². The second-order valence-corrected chi connectivity index (χ2v) is 4.79. The van der Waals surface area contributed by atoms with Crippen LogP contribution in [0.5, 0.6) is 0 Å². The first-order chi connectivity index (χ1) is 7.77. The third kappa shape index (κ3) is 1.37. The van der Waals surface area contributed by atoms with E-state index in [0.717, 1.165) is 19.5 Å². The molecule has 1 aromatic heterocycles. The number of rotatable bonds is 1. The van der Waals surface area contributed by atoms with Gasteiger partial charge in [-0.15, -0.1) is 0 Å². The lowest BCUT2D eigenvalue weighted by atomic mass is 10.0. The fourth-order valence-corrected chi connectivity index (χ4v) is 3.05. The summed E-state index contributed by atoms with van der Waals surface area (Å²) in [5.74, 6) is 0.739. The van der Waals surface area contributed by atoms with E-state index in [1.807, 2.05) is 4.90 Å². The van der Waals surface area contributed by atoms with Crippen LogP contribution in [-0.4, -0.2) is 36.0 Å². The first-order valence-electron chi connectivity index (χ1n) is 5.83. The third-order valence-corrected chi connectivity index (χ3v) is 3.78. The Morgan fingerprint density at radius 2 is 2.44 bits per heavy atom. The zero-order chi connectivity index (χ0) is 11.1. The standard InChI is InChI=1S/C12H16N2O2/c1-8-4-10-5-13-6-11(10)14(8)12(15)9-2-3-16-7-9/h2-3,7-8,10-11,13H,4-6H2,1H3. The number of hydrogen-bond acceptors (Lipinski definition) is 3. The second kappa shape index (κ2) is 3.63. The topological polar surface area (TPSA) is 45.5 Å². The number of fused-ring (bicyclic) bond motifs is 1. The molecule has 0 aliphatic carbocycles. The summed E-state index contributed by atoms with van der Waals surface area (Å²) < 4.78 is 4.98. The number of nitrogens with one attached hydrogen (secondary N) is 1. The van der Waals surface area contributed by atoms with Gasteiger partial charge in [0.15, 0.2) is 0 Å². The van der Waals surface area contributed by atoms with Gasteiger partial charge in [-0.05, 0) is 25.3 Å². The predicted octanol–water partition coefficient (Wildman–Crippen LogP) is 1.10. The molecule has 2 fully saturated rings. The number of carbonyl (C=O) groups is 1. The highest BCUT2D eigenvalue weighted by Gasteiger charge is 2.44. The lowest BCUT2D eigenvalue weighted by Crippen LogP contribution is -2.42. The average molecular weight is 220 g/mol. The Balaban J connectivity index is 1.86. The number of furan rings is 1. The Morgan fingerprint density at radius 3 is 3.19 bits per heavy atom. The summed E-state index contributed by atoms with van der Waals surface area (Å²) >= 11 is 0. The van der Waals surface area contributed by atoms with E-state index >= 15 is 0 Å². The maximum atomic E-state index is 12.3. The van der Waals surface area contributed by atoms with Gasteiger partial charge < -0.3 is 14.6 Å². The second-order valence-electron chi connectivity index (χ2n) is 4.79. The Hall–Kier alpha value is -1.29. The zero-order valence-corrected chi connectivity index (χ0v) is 9.35. The molecule has 4 heteroatoms. The first kappa shape index (κ1) is 9.90. The minimum atomic E-state index is 0.109. The Kier molecular flexibility index (Phi) is 2.24. The Bertz CT molecular complexity index is 388. The number of hydrogen-bond donors (Lipinski definition) is 1. The van der Waals surface area contributed by atoms with Crippen molar-refractivity contribution in [3.8, 4) is 0 Å². The average Bonchev–Trinajstić information content (AvgIpc) is 2.89. The molecular weight excluding hydrogens is 204 g/mol. The van der Waals surface area contributed by atoms with E-state index in [0.29, 0.717) is 23.6 Å². The first-order valence-corrected chi connectivity index (χ1v) is 5.83. The molecule has 16 heavy (non-hydrogen) atoms. The minimum absolute atomic E-state index is 0.109. The van der Waals surface area contributed by atoms with Gasteiger partial charge in [-0.1, -0.05) is 0 Å². The summed E-state index contributed by atoms with van der Waals surface area (Å²) in [6, 6.07) is 2.46. The van der Waals surface area contributed by atoms with Crippen molar-refractivity contribution in [1.29, 1.82) is 0 Å². The molecule has 1 amide bonds. The monoisotopic (exact) mass is 220 g/mol. The molecule has 1 aromatic rings. The fraction of sp³-hybridized carbons (Fsp3) is 0.583. The van der Waals surface area contributed by atoms with E-state index in [-0.39, 0.29) is 5.91 Å². The molecule has 0 aromatic carbocycles. The molecule has 2 aliphatic heterocycles. The largest absolute Gasteiger partial charge is 0.472 e. The van der Waals surface area contributed by atoms with E-state index in [4.69, 9.17) is 4.42 Å². The molecule has 4 nitrogen and oxygen atoms in total. The van der Waals surface area contributed by atoms with Gasteiger partial charge in [0.2, 0.25) is 0 Å². The van der Waals surface area contributed by atoms with Gasteiger partial charge in [-0.3, -0.25) is 4.79 Å². The molecular formula is C12H16N2O2. The van der Waals surface area contributed by atoms with Crippen molar-refractivity contribution in [1.82, 2.24) is 10.2 Å². The highest BCUT2D eigenvalue weighted by atomic mass is 16.3. The summed E-state index contributed by atoms with van der Waals surface area (Å²) in [7, 11) is 0. The van der Waals surface area contributed by atoms with E-state index < -0.39 is 0 Å². The molecule has 1 N–H and O–H groups in total. The summed E-state index contributed by atoms with van der Waals surface area (Å²) in [6.45, 7) is 4.11. The molecule has 0 spiro atoms. The van der Waals surface area contributed by atoms with Crippen molar-refractivity contribution in [3.63, 3.8) is 0 Å². The van der Waals surface area contributed by atoms with Gasteiger partial charge in [-0.2, -0.15) is 0 Å². The number of likely N-dealkylation sites (tertiary alicyclic amines) is 1. The van der Waals surface area contributed by atoms with Gasteiger partial charge in [0.25, 0.3) is 5.91 Å². The van der Waals surface area contributed by atoms with Crippen molar-refractivity contribution in [2.45, 2.75) is 25.4 Å². The van der Waals surface area contributed by atoms with Gasteiger partial charge >= 0.3 is 0 Å². The van der Waals surface area contributed by atoms with Crippen LogP contribution in [0.1, 0.15) is 23.7 Å². The molecule has 3 atom stereocenters. The molecule has 0 radical (unpaired) electrons. The Morgan fingerprint density at radius 1 is 1.56 bits per heavy atom. The van der Waals surface area contributed by atoms with Crippen LogP contribution in [0, 0.1) is 5.92 Å². The van der Waals surface area contributed by atoms with E-state index in [9.17, 15) is 4.79 Å². The highest BCUT2D eigenvalue weighted by Crippen LogP contribution is 2.33. The van der Waals surface area contributed by atoms with E-state index in [1.165, 1.54) is 6.26 Å². The number of amides is 1. The lowest BCUT2D eigenvalue weighted by molar-refractivity contribution is 0.0681. The molecule has 0 saturated carbocycles. The minimum Gasteiger partial charge on any atom is -0.472 e. The van der Waals surface area contributed by atoms with Gasteiger partial charge in [0.05, 0.1) is 11.8 Å². The van der Waals surface area contributed by atoms with Crippen LogP contribution in [-0.2, 0) is 0 Å². The summed E-state index contributed by atoms with van der Waals surface area (Å²) in [5, 5.41) is 3.36. The smallest absolute Gasteiger partial charge is 0.257 e. The molecule has 0 bridgehead atoms. The molecule has 3 heterocycles. The zero-order valence-electron chi connectivity index (χ0n) is 9.35. The number of nitrogens with zero attached hydrogens (tertiary/aromatic N) is 1. The normalized spacial score (nSPS) is 33.1.